The van der Waals surface area contributed by atoms with Gasteiger partial charge in [0.25, 0.3) is 0 Å². The minimum Gasteiger partial charge on any atom is -0.338 e. The van der Waals surface area contributed by atoms with E-state index in [0.29, 0.717) is 0 Å². The number of nitrogens with two attached hydrogens (primary N) is 1. The van der Waals surface area contributed by atoms with Gasteiger partial charge in [-0.15, -0.1) is 11.3 Å². The quantitative estimate of drug-likeness (QED) is 0.767. The third kappa shape index (κ3) is 1.42. The maximum absolute atomic E-state index is 5.81. The number of nitrogen functional groups attached to an aromatic ring is 1. The molecule has 2 aromatic heterocycles. The number of hydrogen-bond acceptors (Lipinski definition) is 3. The third-order valence-electron chi connectivity index (χ3n) is 2.16. The zero-order valence-electron chi connectivity index (χ0n) is 8.32. The highest BCUT2D eigenvalue weighted by Crippen LogP contribution is 2.27. The van der Waals surface area contributed by atoms with E-state index in [2.05, 4.69) is 23.4 Å². The van der Waals surface area contributed by atoms with Gasteiger partial charge in [-0.1, -0.05) is 6.92 Å². The number of nitrogens with zero attached hydrogens (tertiary/aromatic N) is 2. The van der Waals surface area contributed by atoms with Crippen molar-refractivity contribution in [1.29, 1.82) is 0 Å². The SMILES string of the molecule is CCc1sccc1-c1nc(C)cn1N. The van der Waals surface area contributed by atoms with Gasteiger partial charge in [0.05, 0.1) is 5.69 Å². The molecule has 2 N–H and O–H groups in total. The fourth-order valence-corrected chi connectivity index (χ4v) is 2.35. The minimum absolute atomic E-state index is 0.862. The van der Waals surface area contributed by atoms with Crippen LogP contribution in [-0.4, -0.2) is 9.66 Å². The second-order valence-corrected chi connectivity index (χ2v) is 4.22. The largest absolute Gasteiger partial charge is 0.338 e. The van der Waals surface area contributed by atoms with Crippen LogP contribution < -0.4 is 5.84 Å². The van der Waals surface area contributed by atoms with Crippen LogP contribution in [0.1, 0.15) is 17.5 Å². The molecule has 0 fully saturated rings. The van der Waals surface area contributed by atoms with Crippen LogP contribution in [0.3, 0.4) is 0 Å². The molecule has 14 heavy (non-hydrogen) atoms. The maximum Gasteiger partial charge on any atom is 0.159 e. The first-order valence-corrected chi connectivity index (χ1v) is 5.48. The van der Waals surface area contributed by atoms with E-state index in [4.69, 9.17) is 5.84 Å². The Balaban J connectivity index is 2.53. The van der Waals surface area contributed by atoms with E-state index >= 15 is 0 Å². The van der Waals surface area contributed by atoms with Gasteiger partial charge in [0.1, 0.15) is 0 Å². The number of aromatic nitrogens is 2. The van der Waals surface area contributed by atoms with Gasteiger partial charge in [0.2, 0.25) is 0 Å². The van der Waals surface area contributed by atoms with Gasteiger partial charge < -0.3 is 5.84 Å². The van der Waals surface area contributed by atoms with Gasteiger partial charge in [-0.05, 0) is 24.8 Å². The van der Waals surface area contributed by atoms with E-state index in [1.165, 1.54) is 4.88 Å². The van der Waals surface area contributed by atoms with Crippen molar-refractivity contribution in [3.8, 4) is 11.4 Å². The van der Waals surface area contributed by atoms with Crippen LogP contribution >= 0.6 is 11.3 Å². The smallest absolute Gasteiger partial charge is 0.159 e. The Morgan fingerprint density at radius 2 is 2.36 bits per heavy atom. The first kappa shape index (κ1) is 9.27. The monoisotopic (exact) mass is 207 g/mol. The molecule has 0 bridgehead atoms. The van der Waals surface area contributed by atoms with Crippen LogP contribution in [0.2, 0.25) is 0 Å². The zero-order chi connectivity index (χ0) is 10.1. The second kappa shape index (κ2) is 3.46. The minimum atomic E-state index is 0.862. The lowest BCUT2D eigenvalue weighted by Crippen LogP contribution is -2.08. The maximum atomic E-state index is 5.81. The van der Waals surface area contributed by atoms with E-state index in [-0.39, 0.29) is 0 Å². The summed E-state index contributed by atoms with van der Waals surface area (Å²) in [5.41, 5.74) is 2.11. The van der Waals surface area contributed by atoms with E-state index in [1.807, 2.05) is 13.1 Å². The molecule has 74 valence electrons. The molecule has 0 aliphatic heterocycles. The van der Waals surface area contributed by atoms with Crippen LogP contribution in [0, 0.1) is 6.92 Å². The van der Waals surface area contributed by atoms with Crippen LogP contribution in [0.5, 0.6) is 0 Å². The number of imidazole rings is 1. The number of hydrogen-bond donors (Lipinski definition) is 1. The van der Waals surface area contributed by atoms with Crippen molar-refractivity contribution in [3.05, 3.63) is 28.2 Å². The normalized spacial score (nSPS) is 10.7. The highest BCUT2D eigenvalue weighted by atomic mass is 32.1. The lowest BCUT2D eigenvalue weighted by Gasteiger charge is -2.00. The summed E-state index contributed by atoms with van der Waals surface area (Å²) >= 11 is 1.75. The summed E-state index contributed by atoms with van der Waals surface area (Å²) in [7, 11) is 0. The predicted molar refractivity (Wildman–Crippen MR) is 59.8 cm³/mol. The van der Waals surface area contributed by atoms with E-state index in [1.54, 1.807) is 16.0 Å². The average molecular weight is 207 g/mol. The van der Waals surface area contributed by atoms with Crippen molar-refractivity contribution < 1.29 is 0 Å². The molecule has 0 saturated carbocycles. The molecule has 0 aliphatic rings. The molecule has 2 rings (SSSR count). The Labute approximate surface area is 87.2 Å². The third-order valence-corrected chi connectivity index (χ3v) is 3.23. The molecule has 0 saturated heterocycles. The van der Waals surface area contributed by atoms with Gasteiger partial charge >= 0.3 is 0 Å². The Kier molecular flexibility index (Phi) is 2.29. The molecular formula is C10H13N3S. The predicted octanol–water partition coefficient (Wildman–Crippen LogP) is 2.20. The summed E-state index contributed by atoms with van der Waals surface area (Å²) < 4.78 is 1.59. The number of aryl methyl sites for hydroxylation is 2. The summed E-state index contributed by atoms with van der Waals surface area (Å²) in [6.45, 7) is 4.09. The molecule has 0 unspecified atom stereocenters. The second-order valence-electron chi connectivity index (χ2n) is 3.22. The van der Waals surface area contributed by atoms with Gasteiger partial charge in [0.15, 0.2) is 5.82 Å². The molecule has 0 atom stereocenters. The molecule has 3 nitrogen and oxygen atoms in total. The molecule has 0 amide bonds. The lowest BCUT2D eigenvalue weighted by atomic mass is 10.2. The highest BCUT2D eigenvalue weighted by molar-refractivity contribution is 7.10. The van der Waals surface area contributed by atoms with E-state index in [9.17, 15) is 0 Å². The summed E-state index contributed by atoms with van der Waals surface area (Å²) in [6.07, 6.45) is 2.87. The van der Waals surface area contributed by atoms with Crippen LogP contribution in [0.25, 0.3) is 11.4 Å². The summed E-state index contributed by atoms with van der Waals surface area (Å²) in [4.78, 5) is 5.74. The molecule has 0 radical (unpaired) electrons. The number of thiophene rings is 1. The Morgan fingerprint density at radius 1 is 1.57 bits per heavy atom. The highest BCUT2D eigenvalue weighted by Gasteiger charge is 2.10. The van der Waals surface area contributed by atoms with Crippen LogP contribution in [0.15, 0.2) is 17.6 Å². The van der Waals surface area contributed by atoms with Crippen molar-refractivity contribution >= 4 is 11.3 Å². The van der Waals surface area contributed by atoms with Gasteiger partial charge in [-0.3, -0.25) is 4.68 Å². The summed E-state index contributed by atoms with van der Waals surface area (Å²) in [5.74, 6) is 6.68. The number of rotatable bonds is 2. The fourth-order valence-electron chi connectivity index (χ4n) is 1.53. The molecule has 4 heteroatoms. The molecule has 2 heterocycles. The Hall–Kier alpha value is -1.29. The molecule has 0 aliphatic carbocycles. The standard InChI is InChI=1S/C10H13N3S/c1-3-9-8(4-5-14-9)10-12-7(2)6-13(10)11/h4-6H,3,11H2,1-2H3. The topological polar surface area (TPSA) is 43.8 Å². The first-order chi connectivity index (χ1) is 6.72. The summed E-state index contributed by atoms with van der Waals surface area (Å²) in [5, 5.41) is 2.08. The van der Waals surface area contributed by atoms with Crippen molar-refractivity contribution in [2.75, 3.05) is 5.84 Å². The van der Waals surface area contributed by atoms with Crippen molar-refractivity contribution in [1.82, 2.24) is 9.66 Å². The van der Waals surface area contributed by atoms with Crippen LogP contribution in [-0.2, 0) is 6.42 Å². The zero-order valence-corrected chi connectivity index (χ0v) is 9.14. The molecule has 2 aromatic rings. The van der Waals surface area contributed by atoms with E-state index < -0.39 is 0 Å². The molecule has 0 aromatic carbocycles. The van der Waals surface area contributed by atoms with E-state index in [0.717, 1.165) is 23.5 Å². The molecule has 0 spiro atoms. The lowest BCUT2D eigenvalue weighted by molar-refractivity contribution is 1.01. The average Bonchev–Trinajstić information content (AvgIpc) is 2.71. The van der Waals surface area contributed by atoms with Gasteiger partial charge in [-0.25, -0.2) is 4.98 Å². The molecular weight excluding hydrogens is 194 g/mol. The Morgan fingerprint density at radius 3 is 2.93 bits per heavy atom. The van der Waals surface area contributed by atoms with Gasteiger partial charge in [-0.2, -0.15) is 0 Å². The fraction of sp³-hybridized carbons (Fsp3) is 0.300. The van der Waals surface area contributed by atoms with Gasteiger partial charge in [0, 0.05) is 16.6 Å². The van der Waals surface area contributed by atoms with Crippen molar-refractivity contribution in [2.45, 2.75) is 20.3 Å². The van der Waals surface area contributed by atoms with Crippen molar-refractivity contribution in [2.24, 2.45) is 0 Å². The first-order valence-electron chi connectivity index (χ1n) is 4.60. The van der Waals surface area contributed by atoms with Crippen LogP contribution in [0.4, 0.5) is 0 Å². The Bertz CT molecular complexity index is 442. The van der Waals surface area contributed by atoms with Crippen molar-refractivity contribution in [3.63, 3.8) is 0 Å². The summed E-state index contributed by atoms with van der Waals surface area (Å²) in [6, 6.07) is 2.08.